The zero-order chi connectivity index (χ0) is 18.6. The van der Waals surface area contributed by atoms with Crippen molar-refractivity contribution in [3.8, 4) is 0 Å². The van der Waals surface area contributed by atoms with Crippen LogP contribution in [-0.2, 0) is 6.54 Å². The highest BCUT2D eigenvalue weighted by Crippen LogP contribution is 2.30. The normalized spacial score (nSPS) is 12.4. The van der Waals surface area contributed by atoms with E-state index in [1.165, 1.54) is 12.1 Å². The highest BCUT2D eigenvalue weighted by Gasteiger charge is 2.24. The van der Waals surface area contributed by atoms with E-state index in [0.29, 0.717) is 12.1 Å². The van der Waals surface area contributed by atoms with Crippen molar-refractivity contribution in [2.75, 3.05) is 7.05 Å². The van der Waals surface area contributed by atoms with E-state index in [9.17, 15) is 14.9 Å². The molecule has 0 saturated carbocycles. The van der Waals surface area contributed by atoms with Crippen molar-refractivity contribution in [1.82, 2.24) is 9.88 Å². The lowest BCUT2D eigenvalue weighted by molar-refractivity contribution is -0.385. The van der Waals surface area contributed by atoms with Gasteiger partial charge in [0, 0.05) is 42.2 Å². The van der Waals surface area contributed by atoms with Gasteiger partial charge in [-0.3, -0.25) is 24.8 Å². The third-order valence-corrected chi connectivity index (χ3v) is 4.12. The second-order valence-electron chi connectivity index (χ2n) is 6.36. The Morgan fingerprint density at radius 1 is 1.36 bits per heavy atom. The number of carbonyl (C=O) groups excluding carboxylic acids is 1. The highest BCUT2D eigenvalue weighted by atomic mass is 16.6. The van der Waals surface area contributed by atoms with Crippen LogP contribution in [0.3, 0.4) is 0 Å². The minimum atomic E-state index is -0.682. The first-order valence-corrected chi connectivity index (χ1v) is 7.98. The molecule has 1 atom stereocenters. The Bertz CT molecular complexity index is 762. The number of amides is 1. The molecule has 25 heavy (non-hydrogen) atoms. The van der Waals surface area contributed by atoms with E-state index in [1.54, 1.807) is 12.3 Å². The van der Waals surface area contributed by atoms with Crippen LogP contribution in [0.4, 0.5) is 5.69 Å². The average Bonchev–Trinajstić information content (AvgIpc) is 2.55. The van der Waals surface area contributed by atoms with Gasteiger partial charge in [0.2, 0.25) is 5.91 Å². The number of primary amides is 1. The van der Waals surface area contributed by atoms with Gasteiger partial charge in [0.15, 0.2) is 0 Å². The van der Waals surface area contributed by atoms with Crippen molar-refractivity contribution in [2.45, 2.75) is 26.4 Å². The predicted molar refractivity (Wildman–Crippen MR) is 94.9 cm³/mol. The smallest absolute Gasteiger partial charge is 0.274 e. The first kappa shape index (κ1) is 18.5. The van der Waals surface area contributed by atoms with Crippen LogP contribution in [0.5, 0.6) is 0 Å². The second-order valence-corrected chi connectivity index (χ2v) is 6.36. The molecule has 0 radical (unpaired) electrons. The van der Waals surface area contributed by atoms with Crippen LogP contribution in [-0.4, -0.2) is 27.8 Å². The zero-order valence-electron chi connectivity index (χ0n) is 14.5. The maximum atomic E-state index is 11.4. The van der Waals surface area contributed by atoms with Crippen LogP contribution in [0.15, 0.2) is 42.7 Å². The molecule has 1 aromatic heterocycles. The fourth-order valence-corrected chi connectivity index (χ4v) is 3.09. The maximum Gasteiger partial charge on any atom is 0.274 e. The summed E-state index contributed by atoms with van der Waals surface area (Å²) >= 11 is 0. The van der Waals surface area contributed by atoms with Crippen LogP contribution < -0.4 is 5.73 Å². The monoisotopic (exact) mass is 342 g/mol. The summed E-state index contributed by atoms with van der Waals surface area (Å²) in [7, 11) is 1.92. The Balaban J connectivity index is 2.33. The standard InChI is InChI=1S/C18H22N4O3/c1-12(2)17(14-5-4-8-20-10-14)21(3)11-15-7-6-13(18(19)23)9-16(15)22(24)25/h4-10,12,17H,11H2,1-3H3,(H2,19,23). The number of hydrogen-bond acceptors (Lipinski definition) is 5. The molecule has 0 aliphatic carbocycles. The van der Waals surface area contributed by atoms with Gasteiger partial charge in [0.05, 0.1) is 4.92 Å². The van der Waals surface area contributed by atoms with Gasteiger partial charge >= 0.3 is 0 Å². The second kappa shape index (κ2) is 7.85. The number of nitro groups is 1. The summed E-state index contributed by atoms with van der Waals surface area (Å²) in [6.45, 7) is 4.56. The van der Waals surface area contributed by atoms with Crippen LogP contribution >= 0.6 is 0 Å². The largest absolute Gasteiger partial charge is 0.366 e. The number of nitrogens with zero attached hydrogens (tertiary/aromatic N) is 3. The first-order valence-electron chi connectivity index (χ1n) is 7.98. The number of carbonyl (C=O) groups is 1. The summed E-state index contributed by atoms with van der Waals surface area (Å²) in [6, 6.07) is 8.29. The molecule has 0 saturated heterocycles. The van der Waals surface area contributed by atoms with Crippen molar-refractivity contribution in [3.63, 3.8) is 0 Å². The maximum absolute atomic E-state index is 11.4. The highest BCUT2D eigenvalue weighted by molar-refractivity contribution is 5.93. The molecule has 0 spiro atoms. The molecule has 2 N–H and O–H groups in total. The summed E-state index contributed by atoms with van der Waals surface area (Å²) in [6.07, 6.45) is 3.53. The van der Waals surface area contributed by atoms with Gasteiger partial charge < -0.3 is 5.73 Å². The molecule has 1 heterocycles. The van der Waals surface area contributed by atoms with Crippen molar-refractivity contribution >= 4 is 11.6 Å². The van der Waals surface area contributed by atoms with Crippen LogP contribution in [0, 0.1) is 16.0 Å². The van der Waals surface area contributed by atoms with Gasteiger partial charge in [-0.2, -0.15) is 0 Å². The third kappa shape index (κ3) is 4.39. The number of aromatic nitrogens is 1. The molecule has 7 heteroatoms. The van der Waals surface area contributed by atoms with Gasteiger partial charge in [-0.1, -0.05) is 26.0 Å². The summed E-state index contributed by atoms with van der Waals surface area (Å²) in [5.41, 5.74) is 6.84. The molecule has 0 bridgehead atoms. The lowest BCUT2D eigenvalue weighted by atomic mass is 9.95. The van der Waals surface area contributed by atoms with Gasteiger partial charge in [-0.25, -0.2) is 0 Å². The van der Waals surface area contributed by atoms with E-state index in [4.69, 9.17) is 5.73 Å². The van der Waals surface area contributed by atoms with Crippen LogP contribution in [0.25, 0.3) is 0 Å². The summed E-state index contributed by atoms with van der Waals surface area (Å²) in [5.74, 6) is -0.392. The number of pyridine rings is 1. The van der Waals surface area contributed by atoms with Crippen molar-refractivity contribution < 1.29 is 9.72 Å². The molecule has 1 aromatic carbocycles. The molecule has 2 rings (SSSR count). The summed E-state index contributed by atoms with van der Waals surface area (Å²) in [5, 5.41) is 11.4. The zero-order valence-corrected chi connectivity index (χ0v) is 14.5. The van der Waals surface area contributed by atoms with E-state index in [0.717, 1.165) is 5.56 Å². The minimum Gasteiger partial charge on any atom is -0.366 e. The fraction of sp³-hybridized carbons (Fsp3) is 0.333. The van der Waals surface area contributed by atoms with E-state index in [-0.39, 0.29) is 23.2 Å². The molecule has 1 amide bonds. The molecule has 7 nitrogen and oxygen atoms in total. The topological polar surface area (TPSA) is 102 Å². The van der Waals surface area contributed by atoms with Crippen LogP contribution in [0.1, 0.15) is 41.4 Å². The Hall–Kier alpha value is -2.80. The molecular weight excluding hydrogens is 320 g/mol. The van der Waals surface area contributed by atoms with Gasteiger partial charge in [0.25, 0.3) is 5.69 Å². The SMILES string of the molecule is CC(C)C(c1cccnc1)N(C)Cc1ccc(C(N)=O)cc1[N+](=O)[O-]. The molecule has 0 aliphatic heterocycles. The molecule has 0 aliphatic rings. The number of nitro benzene ring substituents is 1. The fourth-order valence-electron chi connectivity index (χ4n) is 3.09. The summed E-state index contributed by atoms with van der Waals surface area (Å²) in [4.78, 5) is 28.4. The number of nitrogens with two attached hydrogens (primary N) is 1. The third-order valence-electron chi connectivity index (χ3n) is 4.12. The lowest BCUT2D eigenvalue weighted by Crippen LogP contribution is -2.28. The number of benzene rings is 1. The van der Waals surface area contributed by atoms with Gasteiger partial charge in [0.1, 0.15) is 0 Å². The molecule has 132 valence electrons. The van der Waals surface area contributed by atoms with Gasteiger partial charge in [-0.05, 0) is 30.7 Å². The molecular formula is C18H22N4O3. The predicted octanol–water partition coefficient (Wildman–Crippen LogP) is 2.92. The van der Waals surface area contributed by atoms with E-state index in [2.05, 4.69) is 18.8 Å². The minimum absolute atomic E-state index is 0.0594. The van der Waals surface area contributed by atoms with Crippen LogP contribution in [0.2, 0.25) is 0 Å². The van der Waals surface area contributed by atoms with E-state index >= 15 is 0 Å². The molecule has 1 unspecified atom stereocenters. The summed E-state index contributed by atoms with van der Waals surface area (Å²) < 4.78 is 0. The first-order chi connectivity index (χ1) is 11.8. The lowest BCUT2D eigenvalue weighted by Gasteiger charge is -2.31. The van der Waals surface area contributed by atoms with Crippen molar-refractivity contribution in [1.29, 1.82) is 0 Å². The Labute approximate surface area is 146 Å². The quantitative estimate of drug-likeness (QED) is 0.615. The molecule has 0 fully saturated rings. The Morgan fingerprint density at radius 3 is 2.60 bits per heavy atom. The number of hydrogen-bond donors (Lipinski definition) is 1. The van der Waals surface area contributed by atoms with Crippen molar-refractivity contribution in [3.05, 3.63) is 69.5 Å². The van der Waals surface area contributed by atoms with Crippen molar-refractivity contribution in [2.24, 2.45) is 11.7 Å². The van der Waals surface area contributed by atoms with E-state index in [1.807, 2.05) is 30.3 Å². The molecule has 2 aromatic rings. The Kier molecular flexibility index (Phi) is 5.82. The van der Waals surface area contributed by atoms with Gasteiger partial charge in [-0.15, -0.1) is 0 Å². The number of rotatable bonds is 7. The average molecular weight is 342 g/mol. The van der Waals surface area contributed by atoms with E-state index < -0.39 is 10.8 Å². The Morgan fingerprint density at radius 2 is 2.08 bits per heavy atom.